The Labute approximate surface area is 157 Å². The number of sulfone groups is 1. The largest absolute Gasteiger partial charge is 0.445 e. The molecule has 0 radical (unpaired) electrons. The van der Waals surface area contributed by atoms with Crippen LogP contribution in [0.1, 0.15) is 33.3 Å². The van der Waals surface area contributed by atoms with Crippen molar-refractivity contribution in [1.29, 1.82) is 0 Å². The molecular formula is C15H20Cl3NO4S. The molecule has 1 N–H and O–H groups in total. The summed E-state index contributed by atoms with van der Waals surface area (Å²) < 4.78 is 27.4. The molecule has 0 aliphatic rings. The summed E-state index contributed by atoms with van der Waals surface area (Å²) in [6, 6.07) is 4.67. The molecule has 0 aliphatic heterocycles. The van der Waals surface area contributed by atoms with E-state index in [-0.39, 0.29) is 16.1 Å². The average molecular weight is 417 g/mol. The number of carbonyl (C=O) groups is 1. The SMILES string of the molecule is CCS(=O)(=O)c1cc(NC(=O)OCC(Cl)(Cl)Cl)cc(C(C)(C)C)c1. The van der Waals surface area contributed by atoms with Crippen molar-refractivity contribution in [2.75, 3.05) is 17.7 Å². The van der Waals surface area contributed by atoms with Gasteiger partial charge in [-0.15, -0.1) is 0 Å². The van der Waals surface area contributed by atoms with Crippen LogP contribution in [0.5, 0.6) is 0 Å². The van der Waals surface area contributed by atoms with Gasteiger partial charge in [-0.2, -0.15) is 0 Å². The summed E-state index contributed by atoms with van der Waals surface area (Å²) in [5, 5.41) is 2.46. The number of alkyl halides is 3. The van der Waals surface area contributed by atoms with Crippen LogP contribution in [-0.4, -0.2) is 30.7 Å². The molecule has 136 valence electrons. The van der Waals surface area contributed by atoms with Gasteiger partial charge < -0.3 is 4.74 Å². The van der Waals surface area contributed by atoms with Gasteiger partial charge in [-0.1, -0.05) is 62.5 Å². The molecule has 0 aliphatic carbocycles. The molecule has 1 amide bonds. The topological polar surface area (TPSA) is 72.5 Å². The van der Waals surface area contributed by atoms with Crippen molar-refractivity contribution < 1.29 is 17.9 Å². The van der Waals surface area contributed by atoms with Crippen molar-refractivity contribution in [1.82, 2.24) is 0 Å². The zero-order valence-electron chi connectivity index (χ0n) is 13.8. The van der Waals surface area contributed by atoms with Gasteiger partial charge in [0.05, 0.1) is 10.6 Å². The Morgan fingerprint density at radius 2 is 1.75 bits per heavy atom. The fourth-order valence-corrected chi connectivity index (χ4v) is 2.86. The Bertz CT molecular complexity index is 706. The summed E-state index contributed by atoms with van der Waals surface area (Å²) in [6.45, 7) is 6.95. The number of hydrogen-bond acceptors (Lipinski definition) is 4. The third kappa shape index (κ3) is 6.67. The standard InChI is InChI=1S/C15H20Cl3NO4S/c1-5-24(21,22)12-7-10(14(2,3)4)6-11(8-12)19-13(20)23-9-15(16,17)18/h6-8H,5,9H2,1-4H3,(H,19,20). The minimum Gasteiger partial charge on any atom is -0.445 e. The lowest BCUT2D eigenvalue weighted by Gasteiger charge is -2.21. The zero-order chi connectivity index (χ0) is 18.8. The molecule has 1 aromatic rings. The van der Waals surface area contributed by atoms with Gasteiger partial charge in [0.25, 0.3) is 0 Å². The first-order valence-corrected chi connectivity index (χ1v) is 9.92. The summed E-state index contributed by atoms with van der Waals surface area (Å²) in [5.74, 6) is -0.0439. The lowest BCUT2D eigenvalue weighted by atomic mass is 9.87. The number of ether oxygens (including phenoxy) is 1. The third-order valence-corrected chi connectivity index (χ3v) is 5.17. The molecule has 1 aromatic carbocycles. The fourth-order valence-electron chi connectivity index (χ4n) is 1.75. The number of halogens is 3. The van der Waals surface area contributed by atoms with Crippen LogP contribution in [0.15, 0.2) is 23.1 Å². The predicted octanol–water partition coefficient (Wildman–Crippen LogP) is 4.70. The Morgan fingerprint density at radius 3 is 2.21 bits per heavy atom. The fraction of sp³-hybridized carbons (Fsp3) is 0.533. The van der Waals surface area contributed by atoms with E-state index in [1.807, 2.05) is 20.8 Å². The van der Waals surface area contributed by atoms with E-state index >= 15 is 0 Å². The molecule has 9 heteroatoms. The van der Waals surface area contributed by atoms with Gasteiger partial charge in [0.2, 0.25) is 3.79 Å². The Hall–Kier alpha value is -0.690. The summed E-state index contributed by atoms with van der Waals surface area (Å²) in [5.41, 5.74) is 0.745. The van der Waals surface area contributed by atoms with Gasteiger partial charge in [0.15, 0.2) is 9.84 Å². The van der Waals surface area contributed by atoms with Crippen LogP contribution >= 0.6 is 34.8 Å². The molecule has 0 fully saturated rings. The van der Waals surface area contributed by atoms with Crippen LogP contribution in [0.2, 0.25) is 0 Å². The minimum absolute atomic E-state index is 0.0439. The van der Waals surface area contributed by atoms with Crippen LogP contribution in [0.25, 0.3) is 0 Å². The molecule has 0 aromatic heterocycles. The zero-order valence-corrected chi connectivity index (χ0v) is 16.9. The van der Waals surface area contributed by atoms with Crippen molar-refractivity contribution in [3.63, 3.8) is 0 Å². The summed E-state index contributed by atoms with van der Waals surface area (Å²) in [6.07, 6.45) is -0.841. The molecule has 0 heterocycles. The number of nitrogens with one attached hydrogen (secondary N) is 1. The van der Waals surface area contributed by atoms with Gasteiger partial charge >= 0.3 is 6.09 Å². The number of rotatable bonds is 4. The normalized spacial score (nSPS) is 12.8. The molecule has 1 rings (SSSR count). The maximum atomic E-state index is 12.2. The number of amides is 1. The van der Waals surface area contributed by atoms with E-state index in [2.05, 4.69) is 5.32 Å². The summed E-state index contributed by atoms with van der Waals surface area (Å²) in [4.78, 5) is 11.9. The van der Waals surface area contributed by atoms with E-state index in [1.54, 1.807) is 19.1 Å². The van der Waals surface area contributed by atoms with E-state index in [0.29, 0.717) is 5.69 Å². The van der Waals surface area contributed by atoms with E-state index < -0.39 is 26.3 Å². The predicted molar refractivity (Wildman–Crippen MR) is 98.1 cm³/mol. The van der Waals surface area contributed by atoms with Gasteiger partial charge in [-0.25, -0.2) is 13.2 Å². The Morgan fingerprint density at radius 1 is 1.17 bits per heavy atom. The van der Waals surface area contributed by atoms with Crippen LogP contribution in [0.3, 0.4) is 0 Å². The molecule has 0 atom stereocenters. The van der Waals surface area contributed by atoms with Crippen LogP contribution in [0.4, 0.5) is 10.5 Å². The monoisotopic (exact) mass is 415 g/mol. The first-order valence-electron chi connectivity index (χ1n) is 7.13. The highest BCUT2D eigenvalue weighted by atomic mass is 35.6. The molecule has 0 saturated heterocycles. The van der Waals surface area contributed by atoms with Crippen molar-refractivity contribution in [3.8, 4) is 0 Å². The molecular weight excluding hydrogens is 397 g/mol. The van der Waals surface area contributed by atoms with Crippen LogP contribution in [0, 0.1) is 0 Å². The lowest BCUT2D eigenvalue weighted by Crippen LogP contribution is -2.22. The smallest absolute Gasteiger partial charge is 0.411 e. The quantitative estimate of drug-likeness (QED) is 0.722. The highest BCUT2D eigenvalue weighted by Crippen LogP contribution is 2.29. The molecule has 5 nitrogen and oxygen atoms in total. The van der Waals surface area contributed by atoms with Crippen molar-refractivity contribution in [2.24, 2.45) is 0 Å². The van der Waals surface area contributed by atoms with E-state index in [1.165, 1.54) is 6.07 Å². The molecule has 0 saturated carbocycles. The van der Waals surface area contributed by atoms with Gasteiger partial charge in [0, 0.05) is 5.69 Å². The Balaban J connectivity index is 3.14. The van der Waals surface area contributed by atoms with Crippen molar-refractivity contribution >= 4 is 56.4 Å². The minimum atomic E-state index is -3.43. The van der Waals surface area contributed by atoms with E-state index in [4.69, 9.17) is 39.5 Å². The highest BCUT2D eigenvalue weighted by molar-refractivity contribution is 7.91. The first kappa shape index (κ1) is 21.4. The maximum Gasteiger partial charge on any atom is 0.411 e. The molecule has 0 bridgehead atoms. The van der Waals surface area contributed by atoms with E-state index in [9.17, 15) is 13.2 Å². The Kier molecular flexibility index (Phi) is 6.84. The van der Waals surface area contributed by atoms with Crippen LogP contribution < -0.4 is 5.32 Å². The van der Waals surface area contributed by atoms with Crippen LogP contribution in [-0.2, 0) is 20.0 Å². The third-order valence-electron chi connectivity index (χ3n) is 3.13. The summed E-state index contributed by atoms with van der Waals surface area (Å²) >= 11 is 16.5. The summed E-state index contributed by atoms with van der Waals surface area (Å²) in [7, 11) is -3.43. The van der Waals surface area contributed by atoms with Gasteiger partial charge in [-0.05, 0) is 29.2 Å². The number of benzene rings is 1. The molecule has 0 spiro atoms. The number of hydrogen-bond donors (Lipinski definition) is 1. The lowest BCUT2D eigenvalue weighted by molar-refractivity contribution is 0.164. The first-order chi connectivity index (χ1) is 10.7. The van der Waals surface area contributed by atoms with Crippen molar-refractivity contribution in [3.05, 3.63) is 23.8 Å². The highest BCUT2D eigenvalue weighted by Gasteiger charge is 2.23. The van der Waals surface area contributed by atoms with Gasteiger partial charge in [-0.3, -0.25) is 5.32 Å². The molecule has 24 heavy (non-hydrogen) atoms. The van der Waals surface area contributed by atoms with Gasteiger partial charge in [0.1, 0.15) is 6.61 Å². The second kappa shape index (κ2) is 7.68. The second-order valence-corrected chi connectivity index (χ2v) is 11.0. The van der Waals surface area contributed by atoms with Crippen molar-refractivity contribution in [2.45, 2.75) is 41.8 Å². The average Bonchev–Trinajstić information content (AvgIpc) is 2.43. The van der Waals surface area contributed by atoms with E-state index in [0.717, 1.165) is 5.56 Å². The molecule has 0 unspecified atom stereocenters. The number of anilines is 1. The second-order valence-electron chi connectivity index (χ2n) is 6.22. The number of carbonyl (C=O) groups excluding carboxylic acids is 1. The maximum absolute atomic E-state index is 12.2.